The van der Waals surface area contributed by atoms with Crippen molar-refractivity contribution in [2.45, 2.75) is 6.92 Å². The molecule has 0 atom stereocenters. The fourth-order valence-corrected chi connectivity index (χ4v) is 1.95. The topological polar surface area (TPSA) is 38.1 Å². The Morgan fingerprint density at radius 3 is 2.72 bits per heavy atom. The molecule has 1 heterocycles. The maximum absolute atomic E-state index is 5.75. The van der Waals surface area contributed by atoms with E-state index < -0.39 is 0 Å². The molecular weight excluding hydrogens is 224 g/mol. The number of aromatic nitrogens is 1. The number of oxazole rings is 1. The number of hydrogen-bond donors (Lipinski definition) is 1. The Morgan fingerprint density at radius 1 is 1.11 bits per heavy atom. The molecule has 0 aliphatic carbocycles. The molecule has 3 nitrogen and oxygen atoms in total. The molecule has 0 aliphatic rings. The van der Waals surface area contributed by atoms with Crippen LogP contribution in [0, 0.1) is 0 Å². The second-order valence-corrected chi connectivity index (χ2v) is 4.10. The van der Waals surface area contributed by atoms with Crippen molar-refractivity contribution < 1.29 is 4.42 Å². The van der Waals surface area contributed by atoms with Gasteiger partial charge >= 0.3 is 0 Å². The van der Waals surface area contributed by atoms with Crippen LogP contribution in [-0.4, -0.2) is 11.5 Å². The van der Waals surface area contributed by atoms with Crippen molar-refractivity contribution in [2.75, 3.05) is 11.9 Å². The summed E-state index contributed by atoms with van der Waals surface area (Å²) in [7, 11) is 0. The van der Waals surface area contributed by atoms with E-state index in [0.29, 0.717) is 5.89 Å². The monoisotopic (exact) mass is 238 g/mol. The van der Waals surface area contributed by atoms with Crippen LogP contribution < -0.4 is 5.32 Å². The first-order valence-electron chi connectivity index (χ1n) is 6.06. The Kier molecular flexibility index (Phi) is 2.73. The maximum atomic E-state index is 5.75. The molecule has 0 aliphatic heterocycles. The van der Waals surface area contributed by atoms with Gasteiger partial charge in [-0.05, 0) is 37.3 Å². The normalized spacial score (nSPS) is 10.7. The van der Waals surface area contributed by atoms with Crippen molar-refractivity contribution in [3.63, 3.8) is 0 Å². The summed E-state index contributed by atoms with van der Waals surface area (Å²) in [6.45, 7) is 2.97. The van der Waals surface area contributed by atoms with Gasteiger partial charge in [-0.1, -0.05) is 18.2 Å². The van der Waals surface area contributed by atoms with Crippen LogP contribution in [0.1, 0.15) is 6.92 Å². The van der Waals surface area contributed by atoms with Crippen LogP contribution in [0.3, 0.4) is 0 Å². The lowest BCUT2D eigenvalue weighted by molar-refractivity contribution is 0.620. The molecular formula is C15H14N2O. The molecule has 0 spiro atoms. The van der Waals surface area contributed by atoms with E-state index in [1.807, 2.05) is 48.5 Å². The largest absolute Gasteiger partial charge is 0.436 e. The molecule has 0 radical (unpaired) electrons. The van der Waals surface area contributed by atoms with Gasteiger partial charge in [-0.2, -0.15) is 0 Å². The summed E-state index contributed by atoms with van der Waals surface area (Å²) < 4.78 is 5.75. The summed E-state index contributed by atoms with van der Waals surface area (Å²) in [5, 5.41) is 3.27. The van der Waals surface area contributed by atoms with Gasteiger partial charge in [0.1, 0.15) is 5.52 Å². The Hall–Kier alpha value is -2.29. The van der Waals surface area contributed by atoms with E-state index in [4.69, 9.17) is 4.42 Å². The van der Waals surface area contributed by atoms with E-state index in [-0.39, 0.29) is 0 Å². The number of fused-ring (bicyclic) bond motifs is 1. The minimum absolute atomic E-state index is 0.666. The zero-order valence-corrected chi connectivity index (χ0v) is 10.2. The van der Waals surface area contributed by atoms with E-state index in [0.717, 1.165) is 28.9 Å². The van der Waals surface area contributed by atoms with Crippen LogP contribution in [0.2, 0.25) is 0 Å². The van der Waals surface area contributed by atoms with Crippen molar-refractivity contribution in [3.8, 4) is 11.5 Å². The predicted molar refractivity (Wildman–Crippen MR) is 73.6 cm³/mol. The van der Waals surface area contributed by atoms with Gasteiger partial charge in [0.2, 0.25) is 5.89 Å². The van der Waals surface area contributed by atoms with E-state index in [9.17, 15) is 0 Å². The van der Waals surface area contributed by atoms with Crippen LogP contribution >= 0.6 is 0 Å². The number of benzene rings is 2. The van der Waals surface area contributed by atoms with Crippen LogP contribution in [0.15, 0.2) is 52.9 Å². The van der Waals surface area contributed by atoms with Crippen molar-refractivity contribution in [3.05, 3.63) is 48.5 Å². The molecule has 0 amide bonds. The van der Waals surface area contributed by atoms with Gasteiger partial charge < -0.3 is 9.73 Å². The maximum Gasteiger partial charge on any atom is 0.227 e. The Balaban J connectivity index is 2.06. The summed E-state index contributed by atoms with van der Waals surface area (Å²) in [5.41, 5.74) is 3.76. The highest BCUT2D eigenvalue weighted by Gasteiger charge is 2.07. The molecule has 0 bridgehead atoms. The first-order valence-corrected chi connectivity index (χ1v) is 6.06. The highest BCUT2D eigenvalue weighted by Crippen LogP contribution is 2.25. The smallest absolute Gasteiger partial charge is 0.227 e. The summed E-state index contributed by atoms with van der Waals surface area (Å²) >= 11 is 0. The number of rotatable bonds is 3. The van der Waals surface area contributed by atoms with Crippen LogP contribution in [0.5, 0.6) is 0 Å². The minimum atomic E-state index is 0.666. The molecule has 1 N–H and O–H groups in total. The summed E-state index contributed by atoms with van der Waals surface area (Å²) in [6.07, 6.45) is 0. The number of nitrogens with one attached hydrogen (secondary N) is 1. The van der Waals surface area contributed by atoms with Crippen molar-refractivity contribution in [1.29, 1.82) is 0 Å². The molecule has 18 heavy (non-hydrogen) atoms. The predicted octanol–water partition coefficient (Wildman–Crippen LogP) is 3.93. The van der Waals surface area contributed by atoms with Crippen molar-refractivity contribution in [2.24, 2.45) is 0 Å². The number of nitrogens with zero attached hydrogens (tertiary/aromatic N) is 1. The molecule has 0 unspecified atom stereocenters. The Bertz CT molecular complexity index is 659. The summed E-state index contributed by atoms with van der Waals surface area (Å²) in [6, 6.07) is 15.9. The van der Waals surface area contributed by atoms with E-state index >= 15 is 0 Å². The van der Waals surface area contributed by atoms with Crippen LogP contribution in [0.25, 0.3) is 22.6 Å². The van der Waals surface area contributed by atoms with E-state index in [1.165, 1.54) is 0 Å². The third-order valence-electron chi connectivity index (χ3n) is 2.79. The summed E-state index contributed by atoms with van der Waals surface area (Å²) in [5.74, 6) is 0.666. The second kappa shape index (κ2) is 4.53. The van der Waals surface area contributed by atoms with E-state index in [1.54, 1.807) is 0 Å². The molecule has 3 rings (SSSR count). The second-order valence-electron chi connectivity index (χ2n) is 4.10. The quantitative estimate of drug-likeness (QED) is 0.751. The van der Waals surface area contributed by atoms with Gasteiger partial charge in [0.05, 0.1) is 0 Å². The fraction of sp³-hybridized carbons (Fsp3) is 0.133. The average molecular weight is 238 g/mol. The van der Waals surface area contributed by atoms with Gasteiger partial charge in [0.25, 0.3) is 0 Å². The lowest BCUT2D eigenvalue weighted by Gasteiger charge is -2.00. The lowest BCUT2D eigenvalue weighted by atomic mass is 10.2. The van der Waals surface area contributed by atoms with Gasteiger partial charge in [0.15, 0.2) is 5.58 Å². The van der Waals surface area contributed by atoms with Crippen LogP contribution in [0.4, 0.5) is 5.69 Å². The first-order chi connectivity index (χ1) is 8.86. The van der Waals surface area contributed by atoms with Crippen molar-refractivity contribution >= 4 is 16.8 Å². The standard InChI is InChI=1S/C15H14N2O/c1-2-16-12-8-9-14-13(10-12)17-15(18-14)11-6-4-3-5-7-11/h3-10,16H,2H2,1H3. The molecule has 0 saturated heterocycles. The molecule has 1 aromatic heterocycles. The SMILES string of the molecule is CCNc1ccc2oc(-c3ccccc3)nc2c1. The third-order valence-corrected chi connectivity index (χ3v) is 2.79. The molecule has 90 valence electrons. The van der Waals surface area contributed by atoms with Crippen LogP contribution in [-0.2, 0) is 0 Å². The zero-order valence-electron chi connectivity index (χ0n) is 10.2. The van der Waals surface area contributed by atoms with Gasteiger partial charge in [-0.3, -0.25) is 0 Å². The Labute approximate surface area is 105 Å². The molecule has 2 aromatic carbocycles. The first kappa shape index (κ1) is 10.8. The molecule has 3 aromatic rings. The zero-order chi connectivity index (χ0) is 12.4. The lowest BCUT2D eigenvalue weighted by Crippen LogP contribution is -1.95. The Morgan fingerprint density at radius 2 is 1.94 bits per heavy atom. The van der Waals surface area contributed by atoms with Gasteiger partial charge in [-0.15, -0.1) is 0 Å². The van der Waals surface area contributed by atoms with Crippen molar-refractivity contribution in [1.82, 2.24) is 4.98 Å². The molecule has 0 fully saturated rings. The number of anilines is 1. The highest BCUT2D eigenvalue weighted by molar-refractivity contribution is 5.79. The fourth-order valence-electron chi connectivity index (χ4n) is 1.95. The highest BCUT2D eigenvalue weighted by atomic mass is 16.3. The number of hydrogen-bond acceptors (Lipinski definition) is 3. The van der Waals surface area contributed by atoms with E-state index in [2.05, 4.69) is 17.2 Å². The van der Waals surface area contributed by atoms with Gasteiger partial charge in [-0.25, -0.2) is 4.98 Å². The average Bonchev–Trinajstić information content (AvgIpc) is 2.83. The molecule has 0 saturated carbocycles. The third kappa shape index (κ3) is 1.95. The molecule has 3 heteroatoms. The minimum Gasteiger partial charge on any atom is -0.436 e. The van der Waals surface area contributed by atoms with Gasteiger partial charge in [0, 0.05) is 17.8 Å². The summed E-state index contributed by atoms with van der Waals surface area (Å²) in [4.78, 5) is 4.52.